The minimum atomic E-state index is 0.550. The van der Waals surface area contributed by atoms with E-state index in [9.17, 15) is 0 Å². The van der Waals surface area contributed by atoms with Crippen LogP contribution in [0, 0.1) is 6.92 Å². The molecule has 1 aliphatic heterocycles. The molecule has 70 valence electrons. The highest BCUT2D eigenvalue weighted by Crippen LogP contribution is 2.47. The van der Waals surface area contributed by atoms with Crippen molar-refractivity contribution in [2.24, 2.45) is 0 Å². The van der Waals surface area contributed by atoms with Crippen molar-refractivity contribution in [3.63, 3.8) is 0 Å². The lowest BCUT2D eigenvalue weighted by molar-refractivity contribution is 0.475. The molecule has 2 aliphatic rings. The van der Waals surface area contributed by atoms with E-state index < -0.39 is 0 Å². The maximum absolute atomic E-state index is 3.51. The van der Waals surface area contributed by atoms with Crippen LogP contribution in [0.1, 0.15) is 28.2 Å². The third-order valence-corrected chi connectivity index (χ3v) is 4.87. The van der Waals surface area contributed by atoms with Gasteiger partial charge in [0.15, 0.2) is 0 Å². The fourth-order valence-corrected chi connectivity index (χ4v) is 4.15. The van der Waals surface area contributed by atoms with Gasteiger partial charge in [-0.2, -0.15) is 0 Å². The Morgan fingerprint density at radius 1 is 1.46 bits per heavy atom. The predicted molar refractivity (Wildman–Crippen MR) is 56.5 cm³/mol. The van der Waals surface area contributed by atoms with E-state index in [0.717, 1.165) is 0 Å². The van der Waals surface area contributed by atoms with E-state index in [-0.39, 0.29) is 0 Å². The number of rotatable bonds is 0. The molecule has 1 N–H and O–H groups in total. The van der Waals surface area contributed by atoms with Crippen LogP contribution in [0.2, 0.25) is 0 Å². The highest BCUT2D eigenvalue weighted by atomic mass is 32.1. The van der Waals surface area contributed by atoms with Crippen molar-refractivity contribution >= 4 is 11.3 Å². The van der Waals surface area contributed by atoms with E-state index in [1.54, 1.807) is 10.4 Å². The Morgan fingerprint density at radius 2 is 2.38 bits per heavy atom. The summed E-state index contributed by atoms with van der Waals surface area (Å²) in [6.07, 6.45) is 4.07. The van der Waals surface area contributed by atoms with Crippen molar-refractivity contribution in [1.82, 2.24) is 5.32 Å². The molecule has 1 spiro atoms. The molecule has 13 heavy (non-hydrogen) atoms. The summed E-state index contributed by atoms with van der Waals surface area (Å²) in [7, 11) is 0. The second kappa shape index (κ2) is 2.58. The van der Waals surface area contributed by atoms with Crippen molar-refractivity contribution in [3.8, 4) is 0 Å². The van der Waals surface area contributed by atoms with Gasteiger partial charge in [-0.05, 0) is 44.4 Å². The summed E-state index contributed by atoms with van der Waals surface area (Å²) in [5.41, 5.74) is 2.19. The van der Waals surface area contributed by atoms with Gasteiger partial charge >= 0.3 is 0 Å². The van der Waals surface area contributed by atoms with Crippen LogP contribution in [0.25, 0.3) is 0 Å². The summed E-state index contributed by atoms with van der Waals surface area (Å²) in [6.45, 7) is 4.68. The van der Waals surface area contributed by atoms with Crippen LogP contribution in [0.5, 0.6) is 0 Å². The molecule has 0 aromatic carbocycles. The van der Waals surface area contributed by atoms with E-state index in [1.807, 2.05) is 11.3 Å². The Labute approximate surface area is 83.2 Å². The topological polar surface area (TPSA) is 12.0 Å². The summed E-state index contributed by atoms with van der Waals surface area (Å²) in [5, 5.41) is 3.51. The van der Waals surface area contributed by atoms with Gasteiger partial charge in [-0.3, -0.25) is 0 Å². The molecule has 1 aromatic rings. The lowest BCUT2D eigenvalue weighted by Gasteiger charge is -2.21. The van der Waals surface area contributed by atoms with Gasteiger partial charge in [0.2, 0.25) is 0 Å². The molecule has 1 aliphatic carbocycles. The molecule has 1 aromatic heterocycles. The van der Waals surface area contributed by atoms with Crippen LogP contribution < -0.4 is 5.32 Å². The second-order valence-corrected chi connectivity index (χ2v) is 5.67. The van der Waals surface area contributed by atoms with Gasteiger partial charge in [-0.1, -0.05) is 0 Å². The monoisotopic (exact) mass is 193 g/mol. The molecular weight excluding hydrogens is 178 g/mol. The Kier molecular flexibility index (Phi) is 1.59. The van der Waals surface area contributed by atoms with Crippen molar-refractivity contribution in [2.45, 2.75) is 31.6 Å². The maximum Gasteiger partial charge on any atom is 0.0190 e. The lowest BCUT2D eigenvalue weighted by Crippen LogP contribution is -2.24. The number of aryl methyl sites for hydroxylation is 2. The first-order valence-corrected chi connectivity index (χ1v) is 5.92. The van der Waals surface area contributed by atoms with Crippen molar-refractivity contribution in [2.75, 3.05) is 13.1 Å². The van der Waals surface area contributed by atoms with Crippen LogP contribution >= 0.6 is 11.3 Å². The van der Waals surface area contributed by atoms with Crippen LogP contribution in [-0.4, -0.2) is 13.1 Å². The van der Waals surface area contributed by atoms with E-state index in [2.05, 4.69) is 18.3 Å². The Hall–Kier alpha value is -0.340. The molecule has 0 radical (unpaired) electrons. The van der Waals surface area contributed by atoms with E-state index in [1.165, 1.54) is 37.2 Å². The molecule has 1 fully saturated rings. The third kappa shape index (κ3) is 1.02. The van der Waals surface area contributed by atoms with Gasteiger partial charge < -0.3 is 5.32 Å². The number of fused-ring (bicyclic) bond motifs is 2. The van der Waals surface area contributed by atoms with E-state index in [0.29, 0.717) is 5.41 Å². The van der Waals surface area contributed by atoms with Gasteiger partial charge in [0.1, 0.15) is 0 Å². The Morgan fingerprint density at radius 3 is 3.15 bits per heavy atom. The first kappa shape index (κ1) is 8.01. The highest BCUT2D eigenvalue weighted by Gasteiger charge is 2.42. The smallest absolute Gasteiger partial charge is 0.0190 e. The van der Waals surface area contributed by atoms with E-state index >= 15 is 0 Å². The van der Waals surface area contributed by atoms with Gasteiger partial charge in [-0.25, -0.2) is 0 Å². The standard InChI is InChI=1S/C11H15NS/c1-8-6-9-2-3-11(10(9)13-8)4-5-12-7-11/h6,12H,2-5,7H2,1H3. The van der Waals surface area contributed by atoms with Crippen LogP contribution in [-0.2, 0) is 11.8 Å². The van der Waals surface area contributed by atoms with Crippen molar-refractivity contribution < 1.29 is 0 Å². The molecule has 2 heterocycles. The van der Waals surface area contributed by atoms with E-state index in [4.69, 9.17) is 0 Å². The molecule has 0 bridgehead atoms. The zero-order valence-corrected chi connectivity index (χ0v) is 8.84. The molecule has 0 amide bonds. The molecule has 1 unspecified atom stereocenters. The highest BCUT2D eigenvalue weighted by molar-refractivity contribution is 7.12. The Balaban J connectivity index is 2.09. The normalized spacial score (nSPS) is 31.5. The zero-order chi connectivity index (χ0) is 8.89. The van der Waals surface area contributed by atoms with Crippen LogP contribution in [0.3, 0.4) is 0 Å². The largest absolute Gasteiger partial charge is 0.316 e. The number of thiophene rings is 1. The summed E-state index contributed by atoms with van der Waals surface area (Å²) in [4.78, 5) is 3.20. The average molecular weight is 193 g/mol. The minimum Gasteiger partial charge on any atom is -0.316 e. The average Bonchev–Trinajstić information content (AvgIpc) is 2.73. The van der Waals surface area contributed by atoms with Crippen molar-refractivity contribution in [1.29, 1.82) is 0 Å². The van der Waals surface area contributed by atoms with Gasteiger partial charge in [-0.15, -0.1) is 11.3 Å². The minimum absolute atomic E-state index is 0.550. The number of hydrogen-bond acceptors (Lipinski definition) is 2. The third-order valence-electron chi connectivity index (χ3n) is 3.53. The maximum atomic E-state index is 3.51. The molecular formula is C11H15NS. The van der Waals surface area contributed by atoms with Crippen molar-refractivity contribution in [3.05, 3.63) is 21.4 Å². The van der Waals surface area contributed by atoms with Gasteiger partial charge in [0.05, 0.1) is 0 Å². The number of hydrogen-bond donors (Lipinski definition) is 1. The lowest BCUT2D eigenvalue weighted by atomic mass is 9.86. The number of nitrogens with one attached hydrogen (secondary N) is 1. The second-order valence-electron chi connectivity index (χ2n) is 4.42. The molecule has 3 rings (SSSR count). The fraction of sp³-hybridized carbons (Fsp3) is 0.636. The first-order valence-electron chi connectivity index (χ1n) is 5.11. The summed E-state index contributed by atoms with van der Waals surface area (Å²) < 4.78 is 0. The molecule has 2 heteroatoms. The SMILES string of the molecule is Cc1cc2c(s1)C1(CCNC1)CC2. The van der Waals surface area contributed by atoms with Crippen LogP contribution in [0.4, 0.5) is 0 Å². The molecule has 1 saturated heterocycles. The van der Waals surface area contributed by atoms with Crippen LogP contribution in [0.15, 0.2) is 6.07 Å². The quantitative estimate of drug-likeness (QED) is 0.666. The predicted octanol–water partition coefficient (Wildman–Crippen LogP) is 2.23. The van der Waals surface area contributed by atoms with Gasteiger partial charge in [0, 0.05) is 21.7 Å². The van der Waals surface area contributed by atoms with Gasteiger partial charge in [0.25, 0.3) is 0 Å². The Bertz CT molecular complexity index is 334. The molecule has 1 nitrogen and oxygen atoms in total. The fourth-order valence-electron chi connectivity index (χ4n) is 2.84. The zero-order valence-electron chi connectivity index (χ0n) is 8.02. The summed E-state index contributed by atoms with van der Waals surface area (Å²) in [5.74, 6) is 0. The molecule has 1 atom stereocenters. The first-order chi connectivity index (χ1) is 6.30. The molecule has 0 saturated carbocycles. The summed E-state index contributed by atoms with van der Waals surface area (Å²) >= 11 is 2.03. The summed E-state index contributed by atoms with van der Waals surface area (Å²) in [6, 6.07) is 2.40.